The molecule has 1 rings (SSSR count). The summed E-state index contributed by atoms with van der Waals surface area (Å²) in [6, 6.07) is 3.36. The normalized spacial score (nSPS) is 10.1. The lowest BCUT2D eigenvalue weighted by Gasteiger charge is -2.05. The van der Waals surface area contributed by atoms with Gasteiger partial charge in [-0.25, -0.2) is 0 Å². The maximum absolute atomic E-state index is 11.5. The minimum Gasteiger partial charge on any atom is -0.380 e. The van der Waals surface area contributed by atoms with E-state index in [0.29, 0.717) is 31.9 Å². The van der Waals surface area contributed by atoms with Crippen LogP contribution in [0.3, 0.4) is 0 Å². The molecule has 0 spiro atoms. The minimum atomic E-state index is -0.0822. The van der Waals surface area contributed by atoms with Crippen molar-refractivity contribution in [3.63, 3.8) is 0 Å². The SMILES string of the molecule is NCCOCCCNC(=O)c1ccncc1. The molecule has 0 fully saturated rings. The van der Waals surface area contributed by atoms with Crippen LogP contribution < -0.4 is 11.1 Å². The van der Waals surface area contributed by atoms with Gasteiger partial charge in [-0.05, 0) is 18.6 Å². The average molecular weight is 223 g/mol. The number of amides is 1. The highest BCUT2D eigenvalue weighted by Crippen LogP contribution is 1.95. The molecule has 0 unspecified atom stereocenters. The van der Waals surface area contributed by atoms with E-state index in [-0.39, 0.29) is 5.91 Å². The van der Waals surface area contributed by atoms with E-state index in [2.05, 4.69) is 10.3 Å². The van der Waals surface area contributed by atoms with Gasteiger partial charge in [0.05, 0.1) is 6.61 Å². The summed E-state index contributed by atoms with van der Waals surface area (Å²) in [6.07, 6.45) is 3.98. The largest absolute Gasteiger partial charge is 0.380 e. The first-order chi connectivity index (χ1) is 7.84. The van der Waals surface area contributed by atoms with E-state index >= 15 is 0 Å². The van der Waals surface area contributed by atoms with E-state index in [1.54, 1.807) is 24.5 Å². The number of aromatic nitrogens is 1. The fourth-order valence-corrected chi connectivity index (χ4v) is 1.17. The highest BCUT2D eigenvalue weighted by molar-refractivity contribution is 5.93. The Bertz CT molecular complexity index is 303. The van der Waals surface area contributed by atoms with Crippen LogP contribution >= 0.6 is 0 Å². The second kappa shape index (κ2) is 7.78. The molecule has 88 valence electrons. The summed E-state index contributed by atoms with van der Waals surface area (Å²) < 4.78 is 5.18. The zero-order valence-corrected chi connectivity index (χ0v) is 9.19. The third-order valence-electron chi connectivity index (χ3n) is 1.96. The first-order valence-electron chi connectivity index (χ1n) is 5.30. The van der Waals surface area contributed by atoms with Gasteiger partial charge in [0.2, 0.25) is 0 Å². The summed E-state index contributed by atoms with van der Waals surface area (Å²) in [5, 5.41) is 2.80. The molecule has 0 aromatic carbocycles. The van der Waals surface area contributed by atoms with E-state index in [9.17, 15) is 4.79 Å². The number of hydrogen-bond acceptors (Lipinski definition) is 4. The minimum absolute atomic E-state index is 0.0822. The quantitative estimate of drug-likeness (QED) is 0.646. The molecule has 1 amide bonds. The monoisotopic (exact) mass is 223 g/mol. The van der Waals surface area contributed by atoms with Crippen molar-refractivity contribution in [2.75, 3.05) is 26.3 Å². The van der Waals surface area contributed by atoms with Crippen molar-refractivity contribution in [1.29, 1.82) is 0 Å². The lowest BCUT2D eigenvalue weighted by molar-refractivity contribution is 0.0943. The maximum Gasteiger partial charge on any atom is 0.251 e. The number of nitrogens with zero attached hydrogens (tertiary/aromatic N) is 1. The smallest absolute Gasteiger partial charge is 0.251 e. The van der Waals surface area contributed by atoms with Gasteiger partial charge in [0, 0.05) is 37.7 Å². The molecule has 0 saturated heterocycles. The Balaban J connectivity index is 2.12. The van der Waals surface area contributed by atoms with Crippen LogP contribution in [-0.2, 0) is 4.74 Å². The number of rotatable bonds is 7. The summed E-state index contributed by atoms with van der Waals surface area (Å²) in [6.45, 7) is 2.32. The molecule has 1 aromatic heterocycles. The number of pyridine rings is 1. The van der Waals surface area contributed by atoms with E-state index in [4.69, 9.17) is 10.5 Å². The van der Waals surface area contributed by atoms with Crippen LogP contribution in [0.15, 0.2) is 24.5 Å². The third kappa shape index (κ3) is 4.86. The predicted octanol–water partition coefficient (Wildman–Crippen LogP) is 0.177. The Labute approximate surface area is 95.0 Å². The van der Waals surface area contributed by atoms with E-state index in [1.165, 1.54) is 0 Å². The molecule has 5 heteroatoms. The van der Waals surface area contributed by atoms with Gasteiger partial charge in [0.25, 0.3) is 5.91 Å². The number of carbonyl (C=O) groups excluding carboxylic acids is 1. The first kappa shape index (κ1) is 12.6. The number of nitrogens with two attached hydrogens (primary N) is 1. The van der Waals surface area contributed by atoms with Gasteiger partial charge in [0.15, 0.2) is 0 Å². The molecule has 0 aliphatic heterocycles. The maximum atomic E-state index is 11.5. The van der Waals surface area contributed by atoms with Crippen LogP contribution in [0.5, 0.6) is 0 Å². The Kier molecular flexibility index (Phi) is 6.13. The zero-order chi connectivity index (χ0) is 11.6. The van der Waals surface area contributed by atoms with Crippen LogP contribution in [0.2, 0.25) is 0 Å². The number of carbonyl (C=O) groups is 1. The summed E-state index contributed by atoms with van der Waals surface area (Å²) >= 11 is 0. The topological polar surface area (TPSA) is 77.2 Å². The second-order valence-electron chi connectivity index (χ2n) is 3.25. The highest BCUT2D eigenvalue weighted by Gasteiger charge is 2.02. The van der Waals surface area contributed by atoms with Crippen molar-refractivity contribution in [2.24, 2.45) is 5.73 Å². The van der Waals surface area contributed by atoms with Gasteiger partial charge in [0.1, 0.15) is 0 Å². The zero-order valence-electron chi connectivity index (χ0n) is 9.19. The number of ether oxygens (including phenoxy) is 1. The van der Waals surface area contributed by atoms with Crippen molar-refractivity contribution in [3.8, 4) is 0 Å². The Morgan fingerprint density at radius 2 is 2.12 bits per heavy atom. The second-order valence-corrected chi connectivity index (χ2v) is 3.25. The highest BCUT2D eigenvalue weighted by atomic mass is 16.5. The lowest BCUT2D eigenvalue weighted by Crippen LogP contribution is -2.25. The van der Waals surface area contributed by atoms with Gasteiger partial charge in [-0.3, -0.25) is 9.78 Å². The van der Waals surface area contributed by atoms with Crippen molar-refractivity contribution in [3.05, 3.63) is 30.1 Å². The molecule has 3 N–H and O–H groups in total. The van der Waals surface area contributed by atoms with Crippen molar-refractivity contribution < 1.29 is 9.53 Å². The van der Waals surface area contributed by atoms with E-state index < -0.39 is 0 Å². The summed E-state index contributed by atoms with van der Waals surface area (Å²) in [5.41, 5.74) is 5.89. The van der Waals surface area contributed by atoms with Crippen LogP contribution in [0, 0.1) is 0 Å². The number of hydrogen-bond donors (Lipinski definition) is 2. The molecule has 1 aromatic rings. The summed E-state index contributed by atoms with van der Waals surface area (Å²) in [5.74, 6) is -0.0822. The fourth-order valence-electron chi connectivity index (χ4n) is 1.17. The van der Waals surface area contributed by atoms with Crippen LogP contribution in [-0.4, -0.2) is 37.2 Å². The van der Waals surface area contributed by atoms with Gasteiger partial charge in [-0.2, -0.15) is 0 Å². The Hall–Kier alpha value is -1.46. The third-order valence-corrected chi connectivity index (χ3v) is 1.96. The molecule has 0 aliphatic carbocycles. The van der Waals surface area contributed by atoms with Gasteiger partial charge < -0.3 is 15.8 Å². The van der Waals surface area contributed by atoms with E-state index in [0.717, 1.165) is 6.42 Å². The summed E-state index contributed by atoms with van der Waals surface area (Å²) in [4.78, 5) is 15.4. The van der Waals surface area contributed by atoms with Crippen molar-refractivity contribution in [2.45, 2.75) is 6.42 Å². The van der Waals surface area contributed by atoms with Gasteiger partial charge in [-0.15, -0.1) is 0 Å². The van der Waals surface area contributed by atoms with Crippen molar-refractivity contribution in [1.82, 2.24) is 10.3 Å². The van der Waals surface area contributed by atoms with Crippen LogP contribution in [0.1, 0.15) is 16.8 Å². The predicted molar refractivity (Wildman–Crippen MR) is 61.1 cm³/mol. The Morgan fingerprint density at radius 1 is 1.38 bits per heavy atom. The van der Waals surface area contributed by atoms with Gasteiger partial charge in [-0.1, -0.05) is 0 Å². The molecular formula is C11H17N3O2. The molecule has 0 radical (unpaired) electrons. The van der Waals surface area contributed by atoms with Crippen LogP contribution in [0.25, 0.3) is 0 Å². The molecule has 0 bridgehead atoms. The first-order valence-corrected chi connectivity index (χ1v) is 5.30. The van der Waals surface area contributed by atoms with E-state index in [1.807, 2.05) is 0 Å². The average Bonchev–Trinajstić information content (AvgIpc) is 2.34. The molecule has 5 nitrogen and oxygen atoms in total. The lowest BCUT2D eigenvalue weighted by atomic mass is 10.2. The molecule has 1 heterocycles. The number of nitrogens with one attached hydrogen (secondary N) is 1. The Morgan fingerprint density at radius 3 is 2.81 bits per heavy atom. The van der Waals surface area contributed by atoms with Gasteiger partial charge >= 0.3 is 0 Å². The molecular weight excluding hydrogens is 206 g/mol. The van der Waals surface area contributed by atoms with Crippen LogP contribution in [0.4, 0.5) is 0 Å². The molecule has 0 saturated carbocycles. The fraction of sp³-hybridized carbons (Fsp3) is 0.455. The summed E-state index contributed by atoms with van der Waals surface area (Å²) in [7, 11) is 0. The molecule has 0 atom stereocenters. The molecule has 16 heavy (non-hydrogen) atoms. The standard InChI is InChI=1S/C11H17N3O2/c12-4-9-16-8-1-5-14-11(15)10-2-6-13-7-3-10/h2-3,6-7H,1,4-5,8-9,12H2,(H,14,15). The van der Waals surface area contributed by atoms with Crippen molar-refractivity contribution >= 4 is 5.91 Å². The molecule has 0 aliphatic rings.